The second-order valence-electron chi connectivity index (χ2n) is 4.54. The maximum absolute atomic E-state index is 3.49. The fourth-order valence-electron chi connectivity index (χ4n) is 1.82. The molecule has 0 nitrogen and oxygen atoms in total. The minimum Gasteiger partial charge on any atom is -0.132 e. The van der Waals surface area contributed by atoms with Crippen LogP contribution in [0, 0.1) is 23.7 Å². The van der Waals surface area contributed by atoms with Gasteiger partial charge in [0.2, 0.25) is 0 Å². The number of rotatable bonds is 6. The first-order valence-electron chi connectivity index (χ1n) is 7.23. The Morgan fingerprint density at radius 2 is 1.70 bits per heavy atom. The van der Waals surface area contributed by atoms with Gasteiger partial charge in [-0.15, -0.1) is 11.7 Å². The minimum absolute atomic E-state index is 0.676. The number of allylic oxidation sites excluding steroid dienone is 1. The molecule has 0 unspecified atom stereocenters. The molecule has 1 aromatic rings. The lowest BCUT2D eigenvalue weighted by molar-refractivity contribution is 0.692. The van der Waals surface area contributed by atoms with Gasteiger partial charge < -0.3 is 0 Å². The van der Waals surface area contributed by atoms with Crippen LogP contribution in [0.5, 0.6) is 0 Å². The molecule has 0 radical (unpaired) electrons. The highest BCUT2D eigenvalue weighted by Crippen LogP contribution is 2.07. The van der Waals surface area contributed by atoms with E-state index in [4.69, 9.17) is 0 Å². The minimum atomic E-state index is 0.676. The molecule has 0 aliphatic heterocycles. The van der Waals surface area contributed by atoms with Crippen molar-refractivity contribution in [2.45, 2.75) is 44.9 Å². The van der Waals surface area contributed by atoms with E-state index < -0.39 is 0 Å². The van der Waals surface area contributed by atoms with Crippen LogP contribution in [0.15, 0.2) is 48.7 Å². The molecule has 20 heavy (non-hydrogen) atoms. The van der Waals surface area contributed by atoms with Crippen LogP contribution in [0.3, 0.4) is 0 Å². The lowest BCUT2D eigenvalue weighted by Gasteiger charge is -1.99. The zero-order valence-corrected chi connectivity index (χ0v) is 12.1. The second kappa shape index (κ2) is 11.9. The molecule has 0 heterocycles. The van der Waals surface area contributed by atoms with Gasteiger partial charge in [-0.3, -0.25) is 0 Å². The zero-order valence-electron chi connectivity index (χ0n) is 12.1. The topological polar surface area (TPSA) is 0 Å². The maximum Gasteiger partial charge on any atom is 0.0702 e. The van der Waals surface area contributed by atoms with E-state index in [2.05, 4.69) is 66.3 Å². The third-order valence-electron chi connectivity index (χ3n) is 2.89. The number of hydrogen-bond acceptors (Lipinski definition) is 0. The molecule has 0 aliphatic carbocycles. The summed E-state index contributed by atoms with van der Waals surface area (Å²) in [6.45, 7) is 3.49. The van der Waals surface area contributed by atoms with Crippen molar-refractivity contribution < 1.29 is 0 Å². The van der Waals surface area contributed by atoms with Crippen LogP contribution in [0.4, 0.5) is 0 Å². The Bertz CT molecular complexity index is 522. The van der Waals surface area contributed by atoms with Crippen molar-refractivity contribution in [3.8, 4) is 23.7 Å². The first-order valence-corrected chi connectivity index (χ1v) is 7.23. The molecular weight excluding hydrogens is 240 g/mol. The van der Waals surface area contributed by atoms with Gasteiger partial charge >= 0.3 is 0 Å². The first-order chi connectivity index (χ1) is 9.93. The highest BCUT2D eigenvalue weighted by Gasteiger charge is 1.91. The summed E-state index contributed by atoms with van der Waals surface area (Å²) in [5, 5.41) is 0. The van der Waals surface area contributed by atoms with Crippen molar-refractivity contribution in [3.63, 3.8) is 0 Å². The summed E-state index contributed by atoms with van der Waals surface area (Å²) in [5.41, 5.74) is 4.13. The molecule has 0 heteroatoms. The quantitative estimate of drug-likeness (QED) is 0.388. The van der Waals surface area contributed by atoms with Crippen LogP contribution in [0.1, 0.15) is 44.1 Å². The summed E-state index contributed by atoms with van der Waals surface area (Å²) < 4.78 is 0. The lowest BCUT2D eigenvalue weighted by atomic mass is 10.1. The number of aryl methyl sites for hydroxylation is 1. The Hall–Kier alpha value is -2.14. The van der Waals surface area contributed by atoms with Gasteiger partial charge in [-0.2, -0.15) is 0 Å². The predicted octanol–water partition coefficient (Wildman–Crippen LogP) is 4.92. The molecule has 0 bridgehead atoms. The summed E-state index contributed by atoms with van der Waals surface area (Å²) >= 11 is 0. The van der Waals surface area contributed by atoms with E-state index >= 15 is 0 Å². The molecule has 0 fully saturated rings. The van der Waals surface area contributed by atoms with Gasteiger partial charge in [0, 0.05) is 12.8 Å². The molecule has 0 spiro atoms. The number of benzene rings is 1. The largest absolute Gasteiger partial charge is 0.132 e. The third kappa shape index (κ3) is 8.88. The van der Waals surface area contributed by atoms with Crippen LogP contribution in [-0.4, -0.2) is 0 Å². The molecule has 0 atom stereocenters. The Labute approximate surface area is 123 Å². The van der Waals surface area contributed by atoms with Crippen molar-refractivity contribution >= 4 is 0 Å². The summed E-state index contributed by atoms with van der Waals surface area (Å²) in [4.78, 5) is 0. The van der Waals surface area contributed by atoms with Crippen LogP contribution in [0.2, 0.25) is 0 Å². The van der Waals surface area contributed by atoms with E-state index in [-0.39, 0.29) is 0 Å². The van der Waals surface area contributed by atoms with Gasteiger partial charge in [0.25, 0.3) is 0 Å². The third-order valence-corrected chi connectivity index (χ3v) is 2.89. The normalized spacial score (nSPS) is 8.60. The Balaban J connectivity index is 1.99. The van der Waals surface area contributed by atoms with E-state index in [9.17, 15) is 0 Å². The van der Waals surface area contributed by atoms with Gasteiger partial charge in [-0.25, -0.2) is 0 Å². The van der Waals surface area contributed by atoms with Gasteiger partial charge in [0.15, 0.2) is 0 Å². The molecule has 1 rings (SSSR count). The van der Waals surface area contributed by atoms with E-state index in [1.54, 1.807) is 0 Å². The SMILES string of the molecule is C=C=CCC#CCC#CCCCCCc1ccccc1. The zero-order chi connectivity index (χ0) is 14.3. The predicted molar refractivity (Wildman–Crippen MR) is 87.1 cm³/mol. The molecule has 0 saturated carbocycles. The maximum atomic E-state index is 3.49. The van der Waals surface area contributed by atoms with E-state index in [0.717, 1.165) is 12.8 Å². The molecule has 0 aliphatic rings. The van der Waals surface area contributed by atoms with Crippen molar-refractivity contribution in [3.05, 3.63) is 54.3 Å². The first kappa shape index (κ1) is 15.9. The molecule has 102 valence electrons. The van der Waals surface area contributed by atoms with Gasteiger partial charge in [0.05, 0.1) is 6.42 Å². The lowest BCUT2D eigenvalue weighted by Crippen LogP contribution is -1.84. The fourth-order valence-corrected chi connectivity index (χ4v) is 1.82. The summed E-state index contributed by atoms with van der Waals surface area (Å²) in [6.07, 6.45) is 9.08. The monoisotopic (exact) mass is 262 g/mol. The highest BCUT2D eigenvalue weighted by atomic mass is 14.0. The number of unbranched alkanes of at least 4 members (excludes halogenated alkanes) is 3. The number of hydrogen-bond donors (Lipinski definition) is 0. The van der Waals surface area contributed by atoms with Crippen LogP contribution in [0.25, 0.3) is 0 Å². The van der Waals surface area contributed by atoms with Crippen LogP contribution < -0.4 is 0 Å². The average molecular weight is 262 g/mol. The van der Waals surface area contributed by atoms with E-state index in [0.29, 0.717) is 6.42 Å². The summed E-state index contributed by atoms with van der Waals surface area (Å²) in [5.74, 6) is 12.3. The van der Waals surface area contributed by atoms with E-state index in [1.807, 2.05) is 6.08 Å². The molecule has 1 aromatic carbocycles. The van der Waals surface area contributed by atoms with Gasteiger partial charge in [-0.05, 0) is 30.9 Å². The van der Waals surface area contributed by atoms with Gasteiger partial charge in [-0.1, -0.05) is 61.1 Å². The van der Waals surface area contributed by atoms with Crippen molar-refractivity contribution in [1.82, 2.24) is 0 Å². The Kier molecular flexibility index (Phi) is 9.49. The molecule has 0 saturated heterocycles. The average Bonchev–Trinajstić information content (AvgIpc) is 2.49. The molecule has 0 aromatic heterocycles. The van der Waals surface area contributed by atoms with Crippen molar-refractivity contribution in [2.75, 3.05) is 0 Å². The summed E-state index contributed by atoms with van der Waals surface area (Å²) in [7, 11) is 0. The summed E-state index contributed by atoms with van der Waals surface area (Å²) in [6, 6.07) is 10.7. The molecule has 0 N–H and O–H groups in total. The van der Waals surface area contributed by atoms with Crippen molar-refractivity contribution in [2.24, 2.45) is 0 Å². The van der Waals surface area contributed by atoms with Crippen molar-refractivity contribution in [1.29, 1.82) is 0 Å². The van der Waals surface area contributed by atoms with Crippen LogP contribution in [-0.2, 0) is 6.42 Å². The van der Waals surface area contributed by atoms with E-state index in [1.165, 1.54) is 31.2 Å². The second-order valence-corrected chi connectivity index (χ2v) is 4.54. The Morgan fingerprint density at radius 3 is 2.50 bits per heavy atom. The Morgan fingerprint density at radius 1 is 0.900 bits per heavy atom. The highest BCUT2D eigenvalue weighted by molar-refractivity contribution is 5.14. The van der Waals surface area contributed by atoms with Crippen LogP contribution >= 0.6 is 0 Å². The fraction of sp³-hybridized carbons (Fsp3) is 0.350. The van der Waals surface area contributed by atoms with Gasteiger partial charge in [0.1, 0.15) is 0 Å². The molecule has 0 amide bonds. The molecular formula is C20H22. The standard InChI is InChI=1S/C20H22/c1-2-3-4-5-6-7-8-9-10-11-12-14-17-20-18-15-13-16-19-20/h3,13,15-16,18-19H,1,4,7,10-12,14,17H2. The smallest absolute Gasteiger partial charge is 0.0702 e.